The molecule has 0 aliphatic heterocycles. The molecule has 24 heavy (non-hydrogen) atoms. The van der Waals surface area contributed by atoms with Crippen molar-refractivity contribution in [2.45, 2.75) is 19.5 Å². The number of hydrogen-bond acceptors (Lipinski definition) is 1. The molecule has 0 aliphatic carbocycles. The van der Waals surface area contributed by atoms with Crippen molar-refractivity contribution in [3.05, 3.63) is 58.6 Å². The number of anilines is 2. The molecule has 2 aromatic carbocycles. The second kappa shape index (κ2) is 7.13. The largest absolute Gasteiger partial charge is 0.416 e. The van der Waals surface area contributed by atoms with Gasteiger partial charge < -0.3 is 5.73 Å². The van der Waals surface area contributed by atoms with Gasteiger partial charge in [-0.2, -0.15) is 13.2 Å². The Morgan fingerprint density at radius 3 is 2.50 bits per heavy atom. The van der Waals surface area contributed by atoms with E-state index in [1.165, 1.54) is 24.1 Å². The lowest BCUT2D eigenvalue weighted by Crippen LogP contribution is -2.33. The molecule has 0 radical (unpaired) electrons. The number of halogens is 4. The Morgan fingerprint density at radius 2 is 1.92 bits per heavy atom. The maximum absolute atomic E-state index is 13.0. The van der Waals surface area contributed by atoms with Crippen molar-refractivity contribution < 1.29 is 13.2 Å². The summed E-state index contributed by atoms with van der Waals surface area (Å²) in [5.74, 6) is 0.0458. The summed E-state index contributed by atoms with van der Waals surface area (Å²) < 4.78 is 39.0. The van der Waals surface area contributed by atoms with Crippen LogP contribution in [0, 0.1) is 0 Å². The summed E-state index contributed by atoms with van der Waals surface area (Å²) in [6.45, 7) is 1.97. The summed E-state index contributed by atoms with van der Waals surface area (Å²) in [5.41, 5.74) is 6.88. The van der Waals surface area contributed by atoms with Crippen LogP contribution in [0.5, 0.6) is 0 Å². The summed E-state index contributed by atoms with van der Waals surface area (Å²) in [7, 11) is 1.47. The van der Waals surface area contributed by atoms with Crippen LogP contribution in [-0.2, 0) is 12.6 Å². The van der Waals surface area contributed by atoms with Crippen LogP contribution in [0.25, 0.3) is 0 Å². The number of guanidine groups is 1. The number of nitrogens with zero attached hydrogens (tertiary/aromatic N) is 2. The van der Waals surface area contributed by atoms with E-state index in [2.05, 4.69) is 4.99 Å². The fourth-order valence-corrected chi connectivity index (χ4v) is 2.47. The molecule has 128 valence electrons. The number of alkyl halides is 3. The van der Waals surface area contributed by atoms with E-state index in [4.69, 9.17) is 17.3 Å². The molecule has 0 atom stereocenters. The third-order valence-electron chi connectivity index (χ3n) is 3.55. The molecular formula is C17H17ClF3N3. The number of benzene rings is 2. The van der Waals surface area contributed by atoms with Crippen LogP contribution in [0.3, 0.4) is 0 Å². The molecule has 7 heteroatoms. The van der Waals surface area contributed by atoms with Crippen LogP contribution < -0.4 is 10.6 Å². The first kappa shape index (κ1) is 18.1. The van der Waals surface area contributed by atoms with Gasteiger partial charge in [0.05, 0.1) is 16.3 Å². The predicted octanol–water partition coefficient (Wildman–Crippen LogP) is 5.00. The summed E-state index contributed by atoms with van der Waals surface area (Å²) >= 11 is 6.25. The molecule has 2 N–H and O–H groups in total. The predicted molar refractivity (Wildman–Crippen MR) is 92.0 cm³/mol. The van der Waals surface area contributed by atoms with Gasteiger partial charge in [-0.05, 0) is 42.3 Å². The highest BCUT2D eigenvalue weighted by molar-refractivity contribution is 6.34. The number of nitrogens with two attached hydrogens (primary N) is 1. The van der Waals surface area contributed by atoms with Gasteiger partial charge in [0, 0.05) is 12.7 Å². The Hall–Kier alpha value is -2.21. The van der Waals surface area contributed by atoms with E-state index in [-0.39, 0.29) is 11.6 Å². The first-order chi connectivity index (χ1) is 11.3. The highest BCUT2D eigenvalue weighted by Crippen LogP contribution is 2.36. The van der Waals surface area contributed by atoms with Crippen molar-refractivity contribution in [2.24, 2.45) is 10.7 Å². The average molecular weight is 356 g/mol. The summed E-state index contributed by atoms with van der Waals surface area (Å²) in [6, 6.07) is 10.2. The highest BCUT2D eigenvalue weighted by atomic mass is 35.5. The van der Waals surface area contributed by atoms with Crippen LogP contribution in [0.4, 0.5) is 24.5 Å². The summed E-state index contributed by atoms with van der Waals surface area (Å²) in [5, 5.41) is 0.371. The molecule has 2 rings (SSSR count). The minimum atomic E-state index is -4.45. The summed E-state index contributed by atoms with van der Waals surface area (Å²) in [6.07, 6.45) is -3.70. The molecule has 0 heterocycles. The lowest BCUT2D eigenvalue weighted by Gasteiger charge is -2.26. The second-order valence-electron chi connectivity index (χ2n) is 5.10. The van der Waals surface area contributed by atoms with Gasteiger partial charge in [0.25, 0.3) is 0 Å². The van der Waals surface area contributed by atoms with Gasteiger partial charge in [0.2, 0.25) is 0 Å². The Balaban J connectivity index is 2.64. The highest BCUT2D eigenvalue weighted by Gasteiger charge is 2.31. The van der Waals surface area contributed by atoms with Crippen LogP contribution in [0.15, 0.2) is 47.5 Å². The molecule has 0 spiro atoms. The Labute approximate surface area is 143 Å². The zero-order chi connectivity index (χ0) is 17.9. The van der Waals surface area contributed by atoms with Crippen molar-refractivity contribution in [1.82, 2.24) is 0 Å². The standard InChI is InChI=1S/C17H17ClF3N3/c1-3-11-7-8-14(18)15(9-11)24(16(22)23-2)13-6-4-5-12(10-13)17(19,20)21/h4-10H,3H2,1-2H3,(H2,22,23). The fraction of sp³-hybridized carbons (Fsp3) is 0.235. The molecule has 0 aliphatic rings. The lowest BCUT2D eigenvalue weighted by molar-refractivity contribution is -0.137. The third-order valence-corrected chi connectivity index (χ3v) is 3.87. The van der Waals surface area contributed by atoms with Gasteiger partial charge in [0.15, 0.2) is 5.96 Å². The zero-order valence-electron chi connectivity index (χ0n) is 13.2. The van der Waals surface area contributed by atoms with Crippen molar-refractivity contribution in [2.75, 3.05) is 11.9 Å². The smallest absolute Gasteiger partial charge is 0.369 e. The van der Waals surface area contributed by atoms with Crippen LogP contribution >= 0.6 is 11.6 Å². The average Bonchev–Trinajstić information content (AvgIpc) is 2.56. The van der Waals surface area contributed by atoms with Crippen LogP contribution in [0.2, 0.25) is 5.02 Å². The molecule has 0 amide bonds. The van der Waals surface area contributed by atoms with Crippen molar-refractivity contribution in [3.63, 3.8) is 0 Å². The van der Waals surface area contributed by atoms with Gasteiger partial charge in [-0.25, -0.2) is 0 Å². The normalized spacial score (nSPS) is 12.3. The SMILES string of the molecule is CCc1ccc(Cl)c(N(C(N)=NC)c2cccc(C(F)(F)F)c2)c1. The Bertz CT molecular complexity index is 757. The Kier molecular flexibility index (Phi) is 5.39. The molecule has 0 fully saturated rings. The molecule has 0 saturated carbocycles. The van der Waals surface area contributed by atoms with E-state index in [9.17, 15) is 13.2 Å². The molecule has 2 aromatic rings. The topological polar surface area (TPSA) is 41.6 Å². The van der Waals surface area contributed by atoms with E-state index in [1.807, 2.05) is 13.0 Å². The van der Waals surface area contributed by atoms with E-state index in [0.717, 1.165) is 24.1 Å². The maximum Gasteiger partial charge on any atom is 0.416 e. The first-order valence-electron chi connectivity index (χ1n) is 7.26. The van der Waals surface area contributed by atoms with E-state index in [1.54, 1.807) is 12.1 Å². The van der Waals surface area contributed by atoms with E-state index >= 15 is 0 Å². The molecule has 0 unspecified atom stereocenters. The van der Waals surface area contributed by atoms with Gasteiger partial charge in [-0.1, -0.05) is 30.7 Å². The zero-order valence-corrected chi connectivity index (χ0v) is 14.0. The fourth-order valence-electron chi connectivity index (χ4n) is 2.27. The monoisotopic (exact) mass is 355 g/mol. The molecule has 0 aromatic heterocycles. The number of aryl methyl sites for hydroxylation is 1. The molecule has 0 bridgehead atoms. The third kappa shape index (κ3) is 3.82. The second-order valence-corrected chi connectivity index (χ2v) is 5.51. The lowest BCUT2D eigenvalue weighted by atomic mass is 10.1. The number of aliphatic imine (C=N–C) groups is 1. The van der Waals surface area contributed by atoms with Gasteiger partial charge in [-0.15, -0.1) is 0 Å². The first-order valence-corrected chi connectivity index (χ1v) is 7.63. The number of rotatable bonds is 3. The Morgan fingerprint density at radius 1 is 1.21 bits per heavy atom. The van der Waals surface area contributed by atoms with Crippen LogP contribution in [-0.4, -0.2) is 13.0 Å². The minimum Gasteiger partial charge on any atom is -0.369 e. The van der Waals surface area contributed by atoms with Crippen molar-refractivity contribution >= 4 is 28.9 Å². The van der Waals surface area contributed by atoms with Gasteiger partial charge in [0.1, 0.15) is 0 Å². The van der Waals surface area contributed by atoms with Gasteiger partial charge in [-0.3, -0.25) is 9.89 Å². The molecule has 3 nitrogen and oxygen atoms in total. The summed E-state index contributed by atoms with van der Waals surface area (Å²) in [4.78, 5) is 5.32. The quantitative estimate of drug-likeness (QED) is 0.621. The minimum absolute atomic E-state index is 0.0458. The van der Waals surface area contributed by atoms with Crippen molar-refractivity contribution in [1.29, 1.82) is 0 Å². The van der Waals surface area contributed by atoms with Gasteiger partial charge >= 0.3 is 6.18 Å². The van der Waals surface area contributed by atoms with E-state index in [0.29, 0.717) is 10.7 Å². The maximum atomic E-state index is 13.0. The van der Waals surface area contributed by atoms with E-state index < -0.39 is 11.7 Å². The molecular weight excluding hydrogens is 339 g/mol. The van der Waals surface area contributed by atoms with Crippen molar-refractivity contribution in [3.8, 4) is 0 Å². The van der Waals surface area contributed by atoms with Crippen LogP contribution in [0.1, 0.15) is 18.1 Å². The molecule has 0 saturated heterocycles. The number of hydrogen-bond donors (Lipinski definition) is 1.